The number of para-hydroxylation sites is 2. The summed E-state index contributed by atoms with van der Waals surface area (Å²) in [5.41, 5.74) is 1.50. The largest absolute Gasteiger partial charge is 2.00 e. The molecule has 0 aliphatic heterocycles. The molecule has 3 heterocycles. The number of hydrogen-bond acceptors (Lipinski definition) is 4. The van der Waals surface area contributed by atoms with Crippen molar-refractivity contribution in [1.29, 1.82) is 0 Å². The molecule has 0 fully saturated rings. The van der Waals surface area contributed by atoms with Gasteiger partial charge in [0.15, 0.2) is 0 Å². The second kappa shape index (κ2) is 8.62. The molecule has 0 saturated carbocycles. The van der Waals surface area contributed by atoms with E-state index in [0.717, 1.165) is 0 Å². The maximum atomic E-state index is 12.9. The molecule has 5 rings (SSSR count). The molecule has 31 heavy (non-hydrogen) atoms. The third-order valence-electron chi connectivity index (χ3n) is 4.74. The fourth-order valence-corrected chi connectivity index (χ4v) is 3.32. The van der Waals surface area contributed by atoms with Crippen LogP contribution in [0, 0.1) is 0 Å². The number of aromatic nitrogens is 4. The molecule has 0 spiro atoms. The molecule has 0 aliphatic carbocycles. The van der Waals surface area contributed by atoms with Crippen LogP contribution in [0.3, 0.4) is 0 Å². The second-order valence-electron chi connectivity index (χ2n) is 6.68. The van der Waals surface area contributed by atoms with Crippen molar-refractivity contribution in [2.45, 2.75) is 0 Å². The van der Waals surface area contributed by atoms with E-state index in [-0.39, 0.29) is 32.1 Å². The summed E-state index contributed by atoms with van der Waals surface area (Å²) in [6.45, 7) is 0. The smallest absolute Gasteiger partial charge is 0.621 e. The van der Waals surface area contributed by atoms with Gasteiger partial charge in [0.25, 0.3) is 0 Å². The molecule has 3 aromatic heterocycles. The first-order valence-electron chi connectivity index (χ1n) is 9.34. The summed E-state index contributed by atoms with van der Waals surface area (Å²) in [5, 5.41) is 1.29. The van der Waals surface area contributed by atoms with Crippen molar-refractivity contribution in [2.24, 2.45) is 0 Å². The molecule has 0 unspecified atom stereocenters. The van der Waals surface area contributed by atoms with Crippen LogP contribution in [0.25, 0.3) is 43.9 Å². The van der Waals surface area contributed by atoms with Crippen LogP contribution in [-0.2, 0) is 21.1 Å². The first-order chi connectivity index (χ1) is 14.7. The number of pyridine rings is 2. The van der Waals surface area contributed by atoms with E-state index in [1.54, 1.807) is 60.7 Å². The third kappa shape index (κ3) is 4.03. The van der Waals surface area contributed by atoms with Gasteiger partial charge in [-0.2, -0.15) is 0 Å². The van der Waals surface area contributed by atoms with Gasteiger partial charge in [-0.05, 0) is 35.0 Å². The molecule has 0 saturated heterocycles. The Balaban J connectivity index is 0.00000231. The number of rotatable bonds is 0. The number of hydrogen-bond donors (Lipinski definition) is 0. The molecule has 0 radical (unpaired) electrons. The van der Waals surface area contributed by atoms with Gasteiger partial charge in [-0.3, -0.25) is 0 Å². The molecular formula is C24H14N4O2Pt. The van der Waals surface area contributed by atoms with Gasteiger partial charge >= 0.3 is 21.1 Å². The SMILES string of the molecule is O=c1[n-]c2ccccc2c2cccc(n2)c(=O)[n-]c2ccccc2c2cccc1n2.[Pt+2]. The maximum absolute atomic E-state index is 12.9. The number of nitrogens with zero attached hydrogens (tertiary/aromatic N) is 4. The Labute approximate surface area is 190 Å². The minimum atomic E-state index is -0.456. The van der Waals surface area contributed by atoms with E-state index in [9.17, 15) is 9.59 Å². The molecule has 4 bridgehead atoms. The fraction of sp³-hybridized carbons (Fsp3) is 0. The minimum absolute atomic E-state index is 0. The van der Waals surface area contributed by atoms with E-state index in [1.807, 2.05) is 24.3 Å². The number of benzene rings is 2. The van der Waals surface area contributed by atoms with Crippen molar-refractivity contribution in [3.05, 3.63) is 106 Å². The molecule has 0 amide bonds. The van der Waals surface area contributed by atoms with Crippen molar-refractivity contribution in [2.75, 3.05) is 0 Å². The first-order valence-corrected chi connectivity index (χ1v) is 9.34. The van der Waals surface area contributed by atoms with Gasteiger partial charge < -0.3 is 19.6 Å². The quantitative estimate of drug-likeness (QED) is 0.277. The van der Waals surface area contributed by atoms with Crippen LogP contribution in [0.1, 0.15) is 0 Å². The van der Waals surface area contributed by atoms with Gasteiger partial charge in [-0.1, -0.05) is 60.7 Å². The van der Waals surface area contributed by atoms with Crippen LogP contribution in [-0.4, -0.2) is 9.97 Å². The predicted octanol–water partition coefficient (Wildman–Crippen LogP) is 3.41. The number of fused-ring (bicyclic) bond motifs is 8. The molecule has 0 atom stereocenters. The monoisotopic (exact) mass is 585 g/mol. The van der Waals surface area contributed by atoms with Crippen molar-refractivity contribution >= 4 is 43.9 Å². The Kier molecular flexibility index (Phi) is 5.74. The Morgan fingerprint density at radius 3 is 1.32 bits per heavy atom. The van der Waals surface area contributed by atoms with Crippen LogP contribution >= 0.6 is 0 Å². The molecule has 0 aliphatic rings. The van der Waals surface area contributed by atoms with Gasteiger partial charge in [-0.25, -0.2) is 9.97 Å². The summed E-state index contributed by atoms with van der Waals surface area (Å²) in [6, 6.07) is 24.6. The molecule has 2 aromatic carbocycles. The van der Waals surface area contributed by atoms with Crippen LogP contribution in [0.4, 0.5) is 0 Å². The molecular weight excluding hydrogens is 571 g/mol. The molecule has 5 aromatic rings. The Morgan fingerprint density at radius 1 is 0.484 bits per heavy atom. The maximum Gasteiger partial charge on any atom is 2.00 e. The van der Waals surface area contributed by atoms with Crippen molar-refractivity contribution < 1.29 is 21.1 Å². The summed E-state index contributed by atoms with van der Waals surface area (Å²) in [7, 11) is 0. The van der Waals surface area contributed by atoms with Gasteiger partial charge in [0.1, 0.15) is 11.1 Å². The van der Waals surface area contributed by atoms with Crippen LogP contribution in [0.2, 0.25) is 0 Å². The van der Waals surface area contributed by atoms with Gasteiger partial charge in [0.2, 0.25) is 0 Å². The van der Waals surface area contributed by atoms with E-state index >= 15 is 0 Å². The van der Waals surface area contributed by atoms with Gasteiger partial charge in [0, 0.05) is 0 Å². The summed E-state index contributed by atoms with van der Waals surface area (Å²) < 4.78 is 0. The third-order valence-corrected chi connectivity index (χ3v) is 4.74. The molecule has 0 N–H and O–H groups in total. The molecule has 7 heteroatoms. The first kappa shape index (κ1) is 20.6. The summed E-state index contributed by atoms with van der Waals surface area (Å²) in [6.07, 6.45) is 0. The topological polar surface area (TPSA) is 88.1 Å². The van der Waals surface area contributed by atoms with Crippen molar-refractivity contribution in [3.63, 3.8) is 0 Å². The standard InChI is InChI=1S/C24H16N4O2.Pt/c29-23-22-14-6-12-18(26-22)16-8-2-4-10-20(16)28-24(30)21-13-5-11-17(25-21)15-7-1-3-9-19(15)27-23;/h1-14H,(H2,25,26,27,28,29,30);/q;+2/p-2. The Bertz CT molecular complexity index is 1530. The zero-order valence-electron chi connectivity index (χ0n) is 16.0. The summed E-state index contributed by atoms with van der Waals surface area (Å²) >= 11 is 0. The van der Waals surface area contributed by atoms with E-state index < -0.39 is 11.1 Å². The summed E-state index contributed by atoms with van der Waals surface area (Å²) in [4.78, 5) is 43.3. The van der Waals surface area contributed by atoms with Crippen LogP contribution < -0.4 is 21.1 Å². The van der Waals surface area contributed by atoms with E-state index in [0.29, 0.717) is 32.8 Å². The van der Waals surface area contributed by atoms with Gasteiger partial charge in [-0.15, -0.1) is 11.0 Å². The zero-order valence-corrected chi connectivity index (χ0v) is 18.3. The second-order valence-corrected chi connectivity index (χ2v) is 6.68. The average molecular weight is 585 g/mol. The molecule has 152 valence electrons. The Hall–Kier alpha value is -3.63. The van der Waals surface area contributed by atoms with E-state index in [1.165, 1.54) is 0 Å². The molecule has 6 nitrogen and oxygen atoms in total. The fourth-order valence-electron chi connectivity index (χ4n) is 3.32. The van der Waals surface area contributed by atoms with E-state index in [4.69, 9.17) is 0 Å². The van der Waals surface area contributed by atoms with Crippen molar-refractivity contribution in [1.82, 2.24) is 19.9 Å². The zero-order chi connectivity index (χ0) is 20.5. The Morgan fingerprint density at radius 2 is 0.871 bits per heavy atom. The van der Waals surface area contributed by atoms with Crippen molar-refractivity contribution in [3.8, 4) is 0 Å². The van der Waals surface area contributed by atoms with E-state index in [2.05, 4.69) is 19.9 Å². The van der Waals surface area contributed by atoms with Crippen LogP contribution in [0.15, 0.2) is 94.5 Å². The summed E-state index contributed by atoms with van der Waals surface area (Å²) in [5.74, 6) is 0. The predicted molar refractivity (Wildman–Crippen MR) is 118 cm³/mol. The van der Waals surface area contributed by atoms with Crippen LogP contribution in [0.5, 0.6) is 0 Å². The normalized spacial score (nSPS) is 10.6. The minimum Gasteiger partial charge on any atom is -0.621 e. The van der Waals surface area contributed by atoms with Gasteiger partial charge in [0.05, 0.1) is 22.1 Å². The average Bonchev–Trinajstić information content (AvgIpc) is 2.79.